The van der Waals surface area contributed by atoms with Crippen molar-refractivity contribution in [1.29, 1.82) is 0 Å². The van der Waals surface area contributed by atoms with Crippen LogP contribution >= 0.6 is 0 Å². The molecule has 0 spiro atoms. The maximum Gasteiger partial charge on any atom is 0.337 e. The summed E-state index contributed by atoms with van der Waals surface area (Å²) in [5, 5.41) is 12.5. The van der Waals surface area contributed by atoms with E-state index in [9.17, 15) is 9.90 Å². The van der Waals surface area contributed by atoms with E-state index in [1.807, 2.05) is 19.1 Å². The minimum Gasteiger partial charge on any atom is -0.478 e. The maximum atomic E-state index is 11.2. The number of anilines is 1. The summed E-state index contributed by atoms with van der Waals surface area (Å²) in [4.78, 5) is 11.2. The lowest BCUT2D eigenvalue weighted by Crippen LogP contribution is -2.31. The van der Waals surface area contributed by atoms with Crippen LogP contribution in [0.5, 0.6) is 0 Å². The van der Waals surface area contributed by atoms with Gasteiger partial charge in [-0.2, -0.15) is 0 Å². The summed E-state index contributed by atoms with van der Waals surface area (Å²) < 4.78 is 5.78. The summed E-state index contributed by atoms with van der Waals surface area (Å²) >= 11 is 0. The Morgan fingerprint density at radius 3 is 2.89 bits per heavy atom. The van der Waals surface area contributed by atoms with Crippen LogP contribution in [-0.4, -0.2) is 29.3 Å². The van der Waals surface area contributed by atoms with Crippen molar-refractivity contribution in [2.45, 2.75) is 44.4 Å². The van der Waals surface area contributed by atoms with Gasteiger partial charge in [0.15, 0.2) is 0 Å². The standard InChI is InChI=1S/C14H17NO3/c1-8-2-4-10(14(16)17)11(6-8)15-12-7-9-3-5-13(12)18-9/h2,4,6,9,12-13,15H,3,5,7H2,1H3,(H,16,17). The molecule has 18 heavy (non-hydrogen) atoms. The van der Waals surface area contributed by atoms with E-state index >= 15 is 0 Å². The van der Waals surface area contributed by atoms with Gasteiger partial charge in [0.25, 0.3) is 0 Å². The number of fused-ring (bicyclic) bond motifs is 2. The molecule has 0 amide bonds. The van der Waals surface area contributed by atoms with Gasteiger partial charge >= 0.3 is 5.97 Å². The first-order valence-electron chi connectivity index (χ1n) is 6.39. The van der Waals surface area contributed by atoms with E-state index in [-0.39, 0.29) is 12.1 Å². The number of aryl methyl sites for hydroxylation is 1. The zero-order valence-corrected chi connectivity index (χ0v) is 10.3. The van der Waals surface area contributed by atoms with Gasteiger partial charge in [-0.3, -0.25) is 0 Å². The van der Waals surface area contributed by atoms with Gasteiger partial charge in [-0.25, -0.2) is 4.79 Å². The Morgan fingerprint density at radius 2 is 2.28 bits per heavy atom. The number of carboxylic acids is 1. The molecule has 2 N–H and O–H groups in total. The molecule has 2 aliphatic rings. The number of benzene rings is 1. The summed E-state index contributed by atoms with van der Waals surface area (Å²) in [6.45, 7) is 1.97. The molecular weight excluding hydrogens is 230 g/mol. The molecule has 3 unspecified atom stereocenters. The van der Waals surface area contributed by atoms with Crippen LogP contribution in [0.3, 0.4) is 0 Å². The van der Waals surface area contributed by atoms with Crippen molar-refractivity contribution in [3.8, 4) is 0 Å². The van der Waals surface area contributed by atoms with E-state index < -0.39 is 5.97 Å². The third kappa shape index (κ3) is 1.97. The van der Waals surface area contributed by atoms with E-state index in [0.29, 0.717) is 17.4 Å². The van der Waals surface area contributed by atoms with Crippen LogP contribution in [0.25, 0.3) is 0 Å². The fourth-order valence-corrected chi connectivity index (χ4v) is 2.95. The molecule has 3 atom stereocenters. The van der Waals surface area contributed by atoms with Gasteiger partial charge in [0.2, 0.25) is 0 Å². The van der Waals surface area contributed by atoms with Crippen LogP contribution in [0, 0.1) is 6.92 Å². The monoisotopic (exact) mass is 247 g/mol. The molecule has 96 valence electrons. The number of hydrogen-bond acceptors (Lipinski definition) is 3. The van der Waals surface area contributed by atoms with Crippen LogP contribution in [0.1, 0.15) is 35.2 Å². The number of hydrogen-bond donors (Lipinski definition) is 2. The van der Waals surface area contributed by atoms with Gasteiger partial charge in [-0.1, -0.05) is 6.07 Å². The second-order valence-corrected chi connectivity index (χ2v) is 5.21. The predicted molar refractivity (Wildman–Crippen MR) is 68.1 cm³/mol. The van der Waals surface area contributed by atoms with Crippen molar-refractivity contribution in [1.82, 2.24) is 0 Å². The van der Waals surface area contributed by atoms with Gasteiger partial charge < -0.3 is 15.2 Å². The molecule has 0 aromatic heterocycles. The Morgan fingerprint density at radius 1 is 1.44 bits per heavy atom. The highest BCUT2D eigenvalue weighted by Gasteiger charge is 2.40. The molecule has 2 heterocycles. The first kappa shape index (κ1) is 11.5. The van der Waals surface area contributed by atoms with Gasteiger partial charge in [0.05, 0.1) is 23.8 Å². The number of rotatable bonds is 3. The number of carboxylic acid groups (broad SMARTS) is 1. The van der Waals surface area contributed by atoms with Crippen LogP contribution in [-0.2, 0) is 4.74 Å². The molecule has 2 aliphatic heterocycles. The van der Waals surface area contributed by atoms with Crippen molar-refractivity contribution in [2.75, 3.05) is 5.32 Å². The van der Waals surface area contributed by atoms with Crippen molar-refractivity contribution in [2.24, 2.45) is 0 Å². The third-order valence-corrected chi connectivity index (χ3v) is 3.85. The minimum absolute atomic E-state index is 0.247. The van der Waals surface area contributed by atoms with Crippen molar-refractivity contribution < 1.29 is 14.6 Å². The molecule has 1 aromatic rings. The smallest absolute Gasteiger partial charge is 0.337 e. The lowest BCUT2D eigenvalue weighted by Gasteiger charge is -2.22. The summed E-state index contributed by atoms with van der Waals surface area (Å²) in [6, 6.07) is 5.64. The average Bonchev–Trinajstić information content (AvgIpc) is 2.90. The van der Waals surface area contributed by atoms with Crippen molar-refractivity contribution in [3.63, 3.8) is 0 Å². The Balaban J connectivity index is 1.83. The summed E-state index contributed by atoms with van der Waals surface area (Å²) in [7, 11) is 0. The molecule has 2 bridgehead atoms. The average molecular weight is 247 g/mol. The highest BCUT2D eigenvalue weighted by Crippen LogP contribution is 2.36. The van der Waals surface area contributed by atoms with E-state index in [1.165, 1.54) is 0 Å². The molecular formula is C14H17NO3. The first-order chi connectivity index (χ1) is 8.63. The Hall–Kier alpha value is -1.55. The number of nitrogens with one attached hydrogen (secondary N) is 1. The molecule has 2 saturated heterocycles. The molecule has 4 nitrogen and oxygen atoms in total. The van der Waals surface area contributed by atoms with Gasteiger partial charge in [-0.15, -0.1) is 0 Å². The van der Waals surface area contributed by atoms with Gasteiger partial charge in [-0.05, 0) is 43.9 Å². The van der Waals surface area contributed by atoms with E-state index in [1.54, 1.807) is 6.07 Å². The second kappa shape index (κ2) is 4.28. The third-order valence-electron chi connectivity index (χ3n) is 3.85. The molecule has 0 saturated carbocycles. The van der Waals surface area contributed by atoms with Crippen LogP contribution in [0.4, 0.5) is 5.69 Å². The highest BCUT2D eigenvalue weighted by atomic mass is 16.5. The maximum absolute atomic E-state index is 11.2. The van der Waals surface area contributed by atoms with Crippen LogP contribution < -0.4 is 5.32 Å². The highest BCUT2D eigenvalue weighted by molar-refractivity contribution is 5.94. The fraction of sp³-hybridized carbons (Fsp3) is 0.500. The fourth-order valence-electron chi connectivity index (χ4n) is 2.95. The Labute approximate surface area is 106 Å². The first-order valence-corrected chi connectivity index (χ1v) is 6.39. The Bertz CT molecular complexity index is 486. The topological polar surface area (TPSA) is 58.6 Å². The summed E-state index contributed by atoms with van der Waals surface area (Å²) in [5.74, 6) is -0.887. The Kier molecular flexibility index (Phi) is 2.74. The molecule has 4 heteroatoms. The second-order valence-electron chi connectivity index (χ2n) is 5.21. The number of aromatic carboxylic acids is 1. The van der Waals surface area contributed by atoms with Crippen LogP contribution in [0.15, 0.2) is 18.2 Å². The zero-order valence-electron chi connectivity index (χ0n) is 10.3. The van der Waals surface area contributed by atoms with Gasteiger partial charge in [0, 0.05) is 5.69 Å². The number of carbonyl (C=O) groups is 1. The van der Waals surface area contributed by atoms with Crippen molar-refractivity contribution >= 4 is 11.7 Å². The zero-order chi connectivity index (χ0) is 12.7. The summed E-state index contributed by atoms with van der Waals surface area (Å²) in [6.07, 6.45) is 3.82. The molecule has 2 fully saturated rings. The lowest BCUT2D eigenvalue weighted by molar-refractivity contribution is 0.0697. The van der Waals surface area contributed by atoms with Crippen LogP contribution in [0.2, 0.25) is 0 Å². The molecule has 1 aromatic carbocycles. The van der Waals surface area contributed by atoms with E-state index in [0.717, 1.165) is 24.8 Å². The SMILES string of the molecule is Cc1ccc(C(=O)O)c(NC2CC3CCC2O3)c1. The van der Waals surface area contributed by atoms with E-state index in [4.69, 9.17) is 4.74 Å². The minimum atomic E-state index is -0.887. The molecule has 3 rings (SSSR count). The number of ether oxygens (including phenoxy) is 1. The lowest BCUT2D eigenvalue weighted by atomic mass is 9.95. The quantitative estimate of drug-likeness (QED) is 0.861. The largest absolute Gasteiger partial charge is 0.478 e. The predicted octanol–water partition coefficient (Wildman–Crippen LogP) is 2.43. The molecule has 0 aliphatic carbocycles. The van der Waals surface area contributed by atoms with Crippen molar-refractivity contribution in [3.05, 3.63) is 29.3 Å². The normalized spacial score (nSPS) is 29.5. The van der Waals surface area contributed by atoms with E-state index in [2.05, 4.69) is 5.32 Å². The summed E-state index contributed by atoms with van der Waals surface area (Å²) in [5.41, 5.74) is 2.11. The van der Waals surface area contributed by atoms with Gasteiger partial charge in [0.1, 0.15) is 0 Å². The molecule has 0 radical (unpaired) electrons.